The number of fused-ring (bicyclic) bond motifs is 1. The van der Waals surface area contributed by atoms with Crippen molar-refractivity contribution >= 4 is 44.4 Å². The first-order chi connectivity index (χ1) is 16.1. The van der Waals surface area contributed by atoms with Crippen molar-refractivity contribution in [3.8, 4) is 16.9 Å². The summed E-state index contributed by atoms with van der Waals surface area (Å²) < 4.78 is 45.3. The predicted molar refractivity (Wildman–Crippen MR) is 128 cm³/mol. The van der Waals surface area contributed by atoms with Crippen molar-refractivity contribution in [3.63, 3.8) is 0 Å². The summed E-state index contributed by atoms with van der Waals surface area (Å²) in [7, 11) is 1.52. The number of hydrogen-bond acceptors (Lipinski definition) is 5. The number of carbonyl (C=O) groups is 1. The Kier molecular flexibility index (Phi) is 6.18. The van der Waals surface area contributed by atoms with Crippen LogP contribution in [0.15, 0.2) is 59.2 Å². The van der Waals surface area contributed by atoms with Crippen LogP contribution in [-0.4, -0.2) is 23.0 Å². The van der Waals surface area contributed by atoms with E-state index in [-0.39, 0.29) is 11.5 Å². The molecule has 1 heterocycles. The van der Waals surface area contributed by atoms with E-state index >= 15 is 0 Å². The molecule has 0 radical (unpaired) electrons. The largest absolute Gasteiger partial charge is 0.495 e. The second-order valence-corrected chi connectivity index (χ2v) is 8.29. The van der Waals surface area contributed by atoms with Crippen LogP contribution in [0.3, 0.4) is 0 Å². The van der Waals surface area contributed by atoms with Gasteiger partial charge in [0.25, 0.3) is 5.91 Å². The second kappa shape index (κ2) is 8.94. The van der Waals surface area contributed by atoms with Crippen LogP contribution in [0.4, 0.5) is 24.8 Å². The number of ether oxygens (including phenoxy) is 1. The van der Waals surface area contributed by atoms with Crippen LogP contribution < -0.4 is 15.8 Å². The highest BCUT2D eigenvalue weighted by Gasteiger charge is 2.31. The fourth-order valence-corrected chi connectivity index (χ4v) is 4.26. The van der Waals surface area contributed by atoms with Crippen molar-refractivity contribution in [2.24, 2.45) is 0 Å². The molecular weight excluding hydrogens is 513 g/mol. The first-order valence-corrected chi connectivity index (χ1v) is 10.8. The van der Waals surface area contributed by atoms with E-state index < -0.39 is 17.6 Å². The van der Waals surface area contributed by atoms with Crippen molar-refractivity contribution in [2.45, 2.75) is 13.1 Å². The molecule has 0 bridgehead atoms. The summed E-state index contributed by atoms with van der Waals surface area (Å²) in [5.74, 6) is -0.0232. The van der Waals surface area contributed by atoms with Gasteiger partial charge in [-0.25, -0.2) is 9.97 Å². The summed E-state index contributed by atoms with van der Waals surface area (Å²) >= 11 is 3.53. The number of aryl methyl sites for hydroxylation is 1. The summed E-state index contributed by atoms with van der Waals surface area (Å²) in [5.41, 5.74) is 8.07. The monoisotopic (exact) mass is 530 g/mol. The quantitative estimate of drug-likeness (QED) is 0.326. The van der Waals surface area contributed by atoms with E-state index in [0.717, 1.165) is 28.6 Å². The lowest BCUT2D eigenvalue weighted by Crippen LogP contribution is -2.14. The van der Waals surface area contributed by atoms with Gasteiger partial charge in [-0.1, -0.05) is 12.1 Å². The summed E-state index contributed by atoms with van der Waals surface area (Å²) in [6.07, 6.45) is -2.94. The van der Waals surface area contributed by atoms with Gasteiger partial charge < -0.3 is 15.8 Å². The number of benzene rings is 3. The number of carbonyl (C=O) groups excluding carboxylic acids is 1. The van der Waals surface area contributed by atoms with Gasteiger partial charge in [-0.05, 0) is 70.4 Å². The molecule has 6 nitrogen and oxygen atoms in total. The molecule has 3 aromatic carbocycles. The topological polar surface area (TPSA) is 90.1 Å². The normalized spacial score (nSPS) is 11.5. The van der Waals surface area contributed by atoms with Crippen molar-refractivity contribution in [3.05, 3.63) is 75.9 Å². The van der Waals surface area contributed by atoms with Crippen LogP contribution in [0.25, 0.3) is 22.0 Å². The molecule has 0 aliphatic carbocycles. The SMILES string of the molecule is COc1c(-c2cc(NC(=O)c3cccc(C(F)(F)F)c3)ccc2C)cc2cnc(N)nc2c1Br. The number of halogens is 4. The van der Waals surface area contributed by atoms with Crippen LogP contribution in [-0.2, 0) is 6.18 Å². The Morgan fingerprint density at radius 1 is 1.12 bits per heavy atom. The van der Waals surface area contributed by atoms with Gasteiger partial charge in [0.2, 0.25) is 5.95 Å². The number of aromatic nitrogens is 2. The number of rotatable bonds is 4. The number of nitrogen functional groups attached to an aromatic ring is 1. The Balaban J connectivity index is 1.74. The highest BCUT2D eigenvalue weighted by molar-refractivity contribution is 9.10. The maximum absolute atomic E-state index is 13.0. The minimum Gasteiger partial charge on any atom is -0.495 e. The van der Waals surface area contributed by atoms with Crippen LogP contribution in [0.1, 0.15) is 21.5 Å². The van der Waals surface area contributed by atoms with Crippen LogP contribution in [0.2, 0.25) is 0 Å². The number of nitrogens with one attached hydrogen (secondary N) is 1. The third kappa shape index (κ3) is 4.54. The molecule has 4 rings (SSSR count). The Hall–Kier alpha value is -3.66. The molecule has 34 heavy (non-hydrogen) atoms. The summed E-state index contributed by atoms with van der Waals surface area (Å²) in [6.45, 7) is 1.89. The third-order valence-electron chi connectivity index (χ3n) is 5.23. The molecule has 0 unspecified atom stereocenters. The van der Waals surface area contributed by atoms with Crippen molar-refractivity contribution in [1.29, 1.82) is 0 Å². The van der Waals surface area contributed by atoms with Gasteiger partial charge in [0, 0.05) is 28.4 Å². The maximum atomic E-state index is 13.0. The highest BCUT2D eigenvalue weighted by atomic mass is 79.9. The van der Waals surface area contributed by atoms with Crippen molar-refractivity contribution in [2.75, 3.05) is 18.2 Å². The molecule has 10 heteroatoms. The molecule has 174 valence electrons. The zero-order valence-electron chi connectivity index (χ0n) is 18.0. The first-order valence-electron chi connectivity index (χ1n) is 9.97. The number of amides is 1. The molecule has 0 atom stereocenters. The van der Waals surface area contributed by atoms with E-state index in [9.17, 15) is 18.0 Å². The zero-order chi connectivity index (χ0) is 24.6. The lowest BCUT2D eigenvalue weighted by Gasteiger charge is -2.16. The van der Waals surface area contributed by atoms with Crippen LogP contribution in [0.5, 0.6) is 5.75 Å². The minimum atomic E-state index is -4.54. The molecule has 3 N–H and O–H groups in total. The number of nitrogens with zero attached hydrogens (tertiary/aromatic N) is 2. The smallest absolute Gasteiger partial charge is 0.416 e. The zero-order valence-corrected chi connectivity index (χ0v) is 19.6. The predicted octanol–water partition coefficient (Wildman–Crippen LogP) is 6.23. The summed E-state index contributed by atoms with van der Waals surface area (Å²) in [4.78, 5) is 21.0. The molecule has 1 amide bonds. The number of anilines is 2. The molecule has 0 saturated carbocycles. The average molecular weight is 531 g/mol. The van der Waals surface area contributed by atoms with E-state index in [2.05, 4.69) is 31.2 Å². The van der Waals surface area contributed by atoms with Crippen LogP contribution in [0, 0.1) is 6.92 Å². The first kappa shape index (κ1) is 23.5. The molecule has 0 spiro atoms. The Morgan fingerprint density at radius 2 is 1.88 bits per heavy atom. The molecule has 0 fully saturated rings. The number of nitrogens with two attached hydrogens (primary N) is 1. The van der Waals surface area contributed by atoms with E-state index in [1.165, 1.54) is 19.2 Å². The maximum Gasteiger partial charge on any atom is 0.416 e. The second-order valence-electron chi connectivity index (χ2n) is 7.50. The van der Waals surface area contributed by atoms with Gasteiger partial charge in [-0.3, -0.25) is 4.79 Å². The molecule has 1 aromatic heterocycles. The van der Waals surface area contributed by atoms with Gasteiger partial charge >= 0.3 is 6.18 Å². The fraction of sp³-hybridized carbons (Fsp3) is 0.125. The molecule has 0 aliphatic heterocycles. The van der Waals surface area contributed by atoms with Gasteiger partial charge in [0.05, 0.1) is 22.7 Å². The van der Waals surface area contributed by atoms with Crippen LogP contribution >= 0.6 is 15.9 Å². The number of hydrogen-bond donors (Lipinski definition) is 2. The fourth-order valence-electron chi connectivity index (χ4n) is 3.56. The van der Waals surface area contributed by atoms with E-state index in [4.69, 9.17) is 10.5 Å². The lowest BCUT2D eigenvalue weighted by atomic mass is 9.97. The highest BCUT2D eigenvalue weighted by Crippen LogP contribution is 2.42. The lowest BCUT2D eigenvalue weighted by molar-refractivity contribution is -0.137. The van der Waals surface area contributed by atoms with E-state index in [1.807, 2.05) is 13.0 Å². The Morgan fingerprint density at radius 3 is 2.59 bits per heavy atom. The van der Waals surface area contributed by atoms with Crippen molar-refractivity contribution < 1.29 is 22.7 Å². The molecule has 4 aromatic rings. The summed E-state index contributed by atoms with van der Waals surface area (Å²) in [5, 5.41) is 3.39. The van der Waals surface area contributed by atoms with Gasteiger partial charge in [0.15, 0.2) is 0 Å². The van der Waals surface area contributed by atoms with E-state index in [0.29, 0.717) is 27.0 Å². The van der Waals surface area contributed by atoms with E-state index in [1.54, 1.807) is 24.4 Å². The molecule has 0 saturated heterocycles. The number of alkyl halides is 3. The minimum absolute atomic E-state index is 0.0993. The van der Waals surface area contributed by atoms with Gasteiger partial charge in [-0.15, -0.1) is 0 Å². The van der Waals surface area contributed by atoms with Crippen molar-refractivity contribution in [1.82, 2.24) is 9.97 Å². The average Bonchev–Trinajstić information content (AvgIpc) is 2.80. The Labute approximate surface area is 201 Å². The molecule has 0 aliphatic rings. The van der Waals surface area contributed by atoms with Gasteiger partial charge in [0.1, 0.15) is 5.75 Å². The third-order valence-corrected chi connectivity index (χ3v) is 5.96. The standard InChI is InChI=1S/C24H18BrF3N4O2/c1-12-6-7-16(31-22(33)13-4-3-5-15(8-13)24(26,27)28)10-17(12)18-9-14-11-30-23(29)32-20(14)19(25)21(18)34-2/h3-11H,1-2H3,(H,31,33)(H2,29,30,32). The molecular formula is C24H18BrF3N4O2. The van der Waals surface area contributed by atoms with Gasteiger partial charge in [-0.2, -0.15) is 13.2 Å². The number of methoxy groups -OCH3 is 1. The summed E-state index contributed by atoms with van der Waals surface area (Å²) in [6, 6.07) is 11.3. The Bertz CT molecular complexity index is 1420.